The molecule has 1 amide bonds. The van der Waals surface area contributed by atoms with Gasteiger partial charge in [-0.15, -0.1) is 0 Å². The molecule has 2 aromatic heterocycles. The molecule has 2 N–H and O–H groups in total. The zero-order chi connectivity index (χ0) is 18.1. The van der Waals surface area contributed by atoms with Crippen LogP contribution in [0, 0.1) is 5.82 Å². The quantitative estimate of drug-likeness (QED) is 0.775. The van der Waals surface area contributed by atoms with Crippen molar-refractivity contribution in [2.75, 3.05) is 31.2 Å². The summed E-state index contributed by atoms with van der Waals surface area (Å²) in [6.45, 7) is 2.81. The Bertz CT molecular complexity index is 966. The molecule has 3 aromatic rings. The molecule has 0 saturated carbocycles. The van der Waals surface area contributed by atoms with E-state index in [0.29, 0.717) is 24.5 Å². The van der Waals surface area contributed by atoms with Gasteiger partial charge in [0.2, 0.25) is 5.91 Å². The number of hydrogen-bond acceptors (Lipinski definition) is 5. The topological polar surface area (TPSA) is 82.1 Å². The van der Waals surface area contributed by atoms with E-state index in [2.05, 4.69) is 10.00 Å². The number of carbonyl (C=O) groups is 1. The summed E-state index contributed by atoms with van der Waals surface area (Å²) in [5.74, 6) is -0.867. The Morgan fingerprint density at radius 2 is 2.00 bits per heavy atom. The summed E-state index contributed by atoms with van der Waals surface area (Å²) in [6, 6.07) is 7.53. The molecule has 0 unspecified atom stereocenters. The average Bonchev–Trinajstić information content (AvgIpc) is 3.13. The lowest BCUT2D eigenvalue weighted by Gasteiger charge is -2.29. The van der Waals surface area contributed by atoms with Crippen LogP contribution in [0.4, 0.5) is 10.1 Å². The molecule has 0 bridgehead atoms. The molecule has 1 fully saturated rings. The SMILES string of the molecule is NC(=O)c1ccc(Oc2cc(N3CCOCC3)cn3nccc23)c(F)c1. The van der Waals surface area contributed by atoms with Crippen LogP contribution in [0.25, 0.3) is 5.52 Å². The highest BCUT2D eigenvalue weighted by atomic mass is 19.1. The molecule has 0 atom stereocenters. The molecule has 1 aliphatic rings. The molecule has 1 aliphatic heterocycles. The maximum absolute atomic E-state index is 14.3. The van der Waals surface area contributed by atoms with Crippen LogP contribution < -0.4 is 15.4 Å². The van der Waals surface area contributed by atoms with Crippen molar-refractivity contribution in [1.29, 1.82) is 0 Å². The Balaban J connectivity index is 1.71. The van der Waals surface area contributed by atoms with E-state index < -0.39 is 11.7 Å². The molecule has 1 saturated heterocycles. The van der Waals surface area contributed by atoms with E-state index in [1.54, 1.807) is 16.8 Å². The van der Waals surface area contributed by atoms with E-state index in [4.69, 9.17) is 15.2 Å². The fourth-order valence-corrected chi connectivity index (χ4v) is 2.91. The molecule has 1 aromatic carbocycles. The third-order valence-electron chi connectivity index (χ3n) is 4.27. The second kappa shape index (κ2) is 6.64. The number of primary amides is 1. The van der Waals surface area contributed by atoms with Crippen LogP contribution in [0.2, 0.25) is 0 Å². The van der Waals surface area contributed by atoms with Crippen molar-refractivity contribution in [2.45, 2.75) is 0 Å². The number of benzene rings is 1. The Kier molecular flexibility index (Phi) is 4.18. The minimum atomic E-state index is -0.692. The van der Waals surface area contributed by atoms with Gasteiger partial charge >= 0.3 is 0 Å². The summed E-state index contributed by atoms with van der Waals surface area (Å²) in [4.78, 5) is 13.3. The number of amides is 1. The van der Waals surface area contributed by atoms with Crippen LogP contribution in [0.1, 0.15) is 10.4 Å². The lowest BCUT2D eigenvalue weighted by atomic mass is 10.2. The molecule has 8 heteroatoms. The molecule has 134 valence electrons. The zero-order valence-electron chi connectivity index (χ0n) is 13.9. The minimum absolute atomic E-state index is 0.0113. The van der Waals surface area contributed by atoms with Gasteiger partial charge in [-0.1, -0.05) is 0 Å². The summed E-state index contributed by atoms with van der Waals surface area (Å²) in [5.41, 5.74) is 6.88. The van der Waals surface area contributed by atoms with E-state index in [9.17, 15) is 9.18 Å². The predicted molar refractivity (Wildman–Crippen MR) is 93.2 cm³/mol. The second-order valence-corrected chi connectivity index (χ2v) is 5.93. The number of rotatable bonds is 4. The molecule has 3 heterocycles. The monoisotopic (exact) mass is 356 g/mol. The van der Waals surface area contributed by atoms with Gasteiger partial charge in [0.25, 0.3) is 0 Å². The molecule has 0 spiro atoms. The first-order valence-electron chi connectivity index (χ1n) is 8.19. The number of morpholine rings is 1. The molecule has 4 rings (SSSR count). The van der Waals surface area contributed by atoms with E-state index in [1.165, 1.54) is 12.1 Å². The van der Waals surface area contributed by atoms with Crippen molar-refractivity contribution >= 4 is 17.1 Å². The van der Waals surface area contributed by atoms with Gasteiger partial charge in [-0.05, 0) is 24.3 Å². The number of carbonyl (C=O) groups excluding carboxylic acids is 1. The van der Waals surface area contributed by atoms with E-state index in [-0.39, 0.29) is 11.3 Å². The van der Waals surface area contributed by atoms with Gasteiger partial charge in [0, 0.05) is 24.7 Å². The van der Waals surface area contributed by atoms with Gasteiger partial charge in [-0.25, -0.2) is 8.91 Å². The number of hydrogen-bond donors (Lipinski definition) is 1. The van der Waals surface area contributed by atoms with Crippen molar-refractivity contribution < 1.29 is 18.7 Å². The van der Waals surface area contributed by atoms with Crippen molar-refractivity contribution in [3.05, 3.63) is 54.1 Å². The number of pyridine rings is 1. The summed E-state index contributed by atoms with van der Waals surface area (Å²) >= 11 is 0. The third-order valence-corrected chi connectivity index (χ3v) is 4.27. The van der Waals surface area contributed by atoms with Gasteiger partial charge in [0.05, 0.1) is 31.3 Å². The third kappa shape index (κ3) is 3.06. The zero-order valence-corrected chi connectivity index (χ0v) is 13.9. The Labute approximate surface area is 148 Å². The van der Waals surface area contributed by atoms with Crippen molar-refractivity contribution in [3.63, 3.8) is 0 Å². The van der Waals surface area contributed by atoms with Crippen LogP contribution in [0.5, 0.6) is 11.5 Å². The number of aromatic nitrogens is 2. The summed E-state index contributed by atoms with van der Waals surface area (Å²) in [6.07, 6.45) is 3.55. The highest BCUT2D eigenvalue weighted by molar-refractivity contribution is 5.92. The average molecular weight is 356 g/mol. The fraction of sp³-hybridized carbons (Fsp3) is 0.222. The van der Waals surface area contributed by atoms with E-state index in [0.717, 1.165) is 24.8 Å². The van der Waals surface area contributed by atoms with Crippen LogP contribution >= 0.6 is 0 Å². The van der Waals surface area contributed by atoms with Gasteiger partial charge in [0.15, 0.2) is 17.3 Å². The highest BCUT2D eigenvalue weighted by Crippen LogP contribution is 2.32. The lowest BCUT2D eigenvalue weighted by Crippen LogP contribution is -2.36. The normalized spacial score (nSPS) is 14.6. The largest absolute Gasteiger partial charge is 0.452 e. The number of halogens is 1. The van der Waals surface area contributed by atoms with Gasteiger partial charge < -0.3 is 20.1 Å². The van der Waals surface area contributed by atoms with Crippen molar-refractivity contribution in [1.82, 2.24) is 9.61 Å². The van der Waals surface area contributed by atoms with E-state index in [1.807, 2.05) is 12.3 Å². The Morgan fingerprint density at radius 1 is 1.19 bits per heavy atom. The van der Waals surface area contributed by atoms with Gasteiger partial charge in [0.1, 0.15) is 5.52 Å². The van der Waals surface area contributed by atoms with Crippen molar-refractivity contribution in [3.8, 4) is 11.5 Å². The van der Waals surface area contributed by atoms with Gasteiger partial charge in [-0.3, -0.25) is 4.79 Å². The smallest absolute Gasteiger partial charge is 0.248 e. The molecular weight excluding hydrogens is 339 g/mol. The first-order valence-corrected chi connectivity index (χ1v) is 8.19. The fourth-order valence-electron chi connectivity index (χ4n) is 2.91. The molecular formula is C18H17FN4O3. The molecule has 0 aliphatic carbocycles. The summed E-state index contributed by atoms with van der Waals surface area (Å²) in [5, 5.41) is 4.26. The Morgan fingerprint density at radius 3 is 2.73 bits per heavy atom. The number of nitrogens with zero attached hydrogens (tertiary/aromatic N) is 3. The summed E-state index contributed by atoms with van der Waals surface area (Å²) in [7, 11) is 0. The first kappa shape index (κ1) is 16.3. The van der Waals surface area contributed by atoms with Gasteiger partial charge in [-0.2, -0.15) is 5.10 Å². The number of anilines is 1. The molecule has 7 nitrogen and oxygen atoms in total. The van der Waals surface area contributed by atoms with Crippen LogP contribution in [-0.4, -0.2) is 41.8 Å². The predicted octanol–water partition coefficient (Wildman–Crippen LogP) is 2.20. The molecule has 0 radical (unpaired) electrons. The maximum atomic E-state index is 14.3. The first-order chi connectivity index (χ1) is 12.6. The van der Waals surface area contributed by atoms with Crippen LogP contribution in [0.15, 0.2) is 42.7 Å². The highest BCUT2D eigenvalue weighted by Gasteiger charge is 2.16. The summed E-state index contributed by atoms with van der Waals surface area (Å²) < 4.78 is 27.2. The van der Waals surface area contributed by atoms with E-state index >= 15 is 0 Å². The lowest BCUT2D eigenvalue weighted by molar-refractivity contribution is 0.1000. The number of nitrogens with two attached hydrogens (primary N) is 1. The maximum Gasteiger partial charge on any atom is 0.248 e. The number of fused-ring (bicyclic) bond motifs is 1. The number of ether oxygens (including phenoxy) is 2. The van der Waals surface area contributed by atoms with Crippen molar-refractivity contribution in [2.24, 2.45) is 5.73 Å². The van der Waals surface area contributed by atoms with Crippen LogP contribution in [-0.2, 0) is 4.74 Å². The Hall–Kier alpha value is -3.13. The van der Waals surface area contributed by atoms with Crippen LogP contribution in [0.3, 0.4) is 0 Å². The standard InChI is InChI=1S/C18H17FN4O3/c19-14-9-12(18(20)24)1-2-16(14)26-17-10-13(22-5-7-25-8-6-22)11-23-15(17)3-4-21-23/h1-4,9-11H,5-8H2,(H2,20,24). The molecule has 26 heavy (non-hydrogen) atoms. The second-order valence-electron chi connectivity index (χ2n) is 5.93. The minimum Gasteiger partial charge on any atom is -0.452 e.